The van der Waals surface area contributed by atoms with Crippen LogP contribution in [0.15, 0.2) is 0 Å². The second-order valence-corrected chi connectivity index (χ2v) is 4.74. The van der Waals surface area contributed by atoms with Crippen molar-refractivity contribution in [1.82, 2.24) is 5.32 Å². The maximum atomic E-state index is 11.8. The van der Waals surface area contributed by atoms with Crippen molar-refractivity contribution in [3.05, 3.63) is 0 Å². The Bertz CT molecular complexity index is 206. The van der Waals surface area contributed by atoms with Gasteiger partial charge in [0.15, 0.2) is 0 Å². The fraction of sp³-hybridized carbons (Fsp3) is 0.917. The Balaban J connectivity index is 1.74. The van der Waals surface area contributed by atoms with Gasteiger partial charge in [-0.15, -0.1) is 0 Å². The third kappa shape index (κ3) is 3.20. The van der Waals surface area contributed by atoms with E-state index in [0.29, 0.717) is 0 Å². The monoisotopic (exact) mass is 211 g/mol. The largest absolute Gasteiger partial charge is 0.462 e. The molecule has 1 saturated heterocycles. The summed E-state index contributed by atoms with van der Waals surface area (Å²) in [5.74, 6) is 0.148. The Kier molecular flexibility index (Phi) is 4.01. The maximum absolute atomic E-state index is 11.8. The summed E-state index contributed by atoms with van der Waals surface area (Å²) in [5.41, 5.74) is 0. The Labute approximate surface area is 91.6 Å². The summed E-state index contributed by atoms with van der Waals surface area (Å²) >= 11 is 0. The van der Waals surface area contributed by atoms with Gasteiger partial charge in [0.05, 0.1) is 5.92 Å². The van der Waals surface area contributed by atoms with Crippen molar-refractivity contribution in [3.8, 4) is 0 Å². The van der Waals surface area contributed by atoms with E-state index in [4.69, 9.17) is 4.74 Å². The minimum atomic E-state index is 0.0362. The van der Waals surface area contributed by atoms with Crippen molar-refractivity contribution < 1.29 is 9.53 Å². The van der Waals surface area contributed by atoms with Gasteiger partial charge in [-0.25, -0.2) is 0 Å². The van der Waals surface area contributed by atoms with Gasteiger partial charge in [-0.1, -0.05) is 6.42 Å². The molecule has 0 spiro atoms. The van der Waals surface area contributed by atoms with Crippen LogP contribution >= 0.6 is 0 Å². The molecule has 0 aromatic carbocycles. The molecular formula is C12H21NO2. The quantitative estimate of drug-likeness (QED) is 0.709. The van der Waals surface area contributed by atoms with Crippen LogP contribution in [0.3, 0.4) is 0 Å². The summed E-state index contributed by atoms with van der Waals surface area (Å²) in [4.78, 5) is 11.8. The van der Waals surface area contributed by atoms with E-state index in [1.54, 1.807) is 0 Å². The molecule has 86 valence electrons. The van der Waals surface area contributed by atoms with Gasteiger partial charge >= 0.3 is 5.97 Å². The molecule has 0 radical (unpaired) electrons. The number of carbonyl (C=O) groups excluding carboxylic acids is 1. The average molecular weight is 211 g/mol. The molecule has 1 N–H and O–H groups in total. The van der Waals surface area contributed by atoms with Crippen LogP contribution in [-0.4, -0.2) is 25.2 Å². The molecule has 0 unspecified atom stereocenters. The first-order valence-corrected chi connectivity index (χ1v) is 6.27. The van der Waals surface area contributed by atoms with E-state index in [1.807, 2.05) is 0 Å². The van der Waals surface area contributed by atoms with E-state index in [0.717, 1.165) is 38.8 Å². The first-order valence-electron chi connectivity index (χ1n) is 6.27. The summed E-state index contributed by atoms with van der Waals surface area (Å²) in [6.07, 6.45) is 8.22. The zero-order valence-corrected chi connectivity index (χ0v) is 9.34. The Morgan fingerprint density at radius 3 is 2.53 bits per heavy atom. The second-order valence-electron chi connectivity index (χ2n) is 4.74. The van der Waals surface area contributed by atoms with Crippen molar-refractivity contribution in [1.29, 1.82) is 0 Å². The first kappa shape index (κ1) is 10.9. The Morgan fingerprint density at radius 1 is 1.07 bits per heavy atom. The Hall–Kier alpha value is -0.570. The van der Waals surface area contributed by atoms with E-state index < -0.39 is 0 Å². The molecular weight excluding hydrogens is 190 g/mol. The molecule has 15 heavy (non-hydrogen) atoms. The molecule has 2 aliphatic rings. The minimum Gasteiger partial charge on any atom is -0.462 e. The molecule has 0 aromatic heterocycles. The lowest BCUT2D eigenvalue weighted by atomic mass is 9.96. The van der Waals surface area contributed by atoms with Gasteiger partial charge in [0.1, 0.15) is 6.10 Å². The van der Waals surface area contributed by atoms with Crippen molar-refractivity contribution in [2.75, 3.05) is 13.1 Å². The van der Waals surface area contributed by atoms with E-state index in [2.05, 4.69) is 5.32 Å². The maximum Gasteiger partial charge on any atom is 0.310 e. The van der Waals surface area contributed by atoms with E-state index in [9.17, 15) is 4.79 Å². The molecule has 0 bridgehead atoms. The summed E-state index contributed by atoms with van der Waals surface area (Å²) in [5, 5.41) is 3.25. The van der Waals surface area contributed by atoms with Crippen molar-refractivity contribution >= 4 is 5.97 Å². The van der Waals surface area contributed by atoms with Crippen LogP contribution in [0.25, 0.3) is 0 Å². The first-order chi connectivity index (χ1) is 7.36. The lowest BCUT2D eigenvalue weighted by Gasteiger charge is -2.26. The zero-order chi connectivity index (χ0) is 10.5. The molecule has 1 aliphatic carbocycles. The molecule has 1 saturated carbocycles. The van der Waals surface area contributed by atoms with Gasteiger partial charge in [0.2, 0.25) is 0 Å². The number of hydrogen-bond acceptors (Lipinski definition) is 3. The van der Waals surface area contributed by atoms with Gasteiger partial charge < -0.3 is 10.1 Å². The second kappa shape index (κ2) is 5.50. The highest BCUT2D eigenvalue weighted by atomic mass is 16.5. The van der Waals surface area contributed by atoms with Crippen LogP contribution < -0.4 is 5.32 Å². The number of rotatable bonds is 2. The van der Waals surface area contributed by atoms with Gasteiger partial charge in [-0.3, -0.25) is 4.79 Å². The van der Waals surface area contributed by atoms with E-state index in [-0.39, 0.29) is 18.0 Å². The van der Waals surface area contributed by atoms with Crippen LogP contribution in [0.4, 0.5) is 0 Å². The fourth-order valence-corrected chi connectivity index (χ4v) is 2.50. The van der Waals surface area contributed by atoms with E-state index in [1.165, 1.54) is 19.3 Å². The highest BCUT2D eigenvalue weighted by Crippen LogP contribution is 2.22. The number of carbonyl (C=O) groups is 1. The Morgan fingerprint density at radius 2 is 1.87 bits per heavy atom. The van der Waals surface area contributed by atoms with E-state index >= 15 is 0 Å². The van der Waals surface area contributed by atoms with Crippen LogP contribution in [0, 0.1) is 5.92 Å². The van der Waals surface area contributed by atoms with Gasteiger partial charge in [0, 0.05) is 6.54 Å². The highest BCUT2D eigenvalue weighted by molar-refractivity contribution is 5.73. The predicted molar refractivity (Wildman–Crippen MR) is 58.6 cm³/mol. The highest BCUT2D eigenvalue weighted by Gasteiger charge is 2.25. The average Bonchev–Trinajstić information content (AvgIpc) is 2.31. The minimum absolute atomic E-state index is 0.0362. The molecule has 2 rings (SSSR count). The molecule has 1 heterocycles. The number of ether oxygens (including phenoxy) is 1. The van der Waals surface area contributed by atoms with Gasteiger partial charge in [0.25, 0.3) is 0 Å². The molecule has 1 aliphatic heterocycles. The standard InChI is InChI=1S/C12H21NO2/c14-12(10-5-4-8-13-9-10)15-11-6-2-1-3-7-11/h10-11,13H,1-9H2/t10-/m1/s1. The normalized spacial score (nSPS) is 28.7. The summed E-state index contributed by atoms with van der Waals surface area (Å²) < 4.78 is 5.55. The number of esters is 1. The fourth-order valence-electron chi connectivity index (χ4n) is 2.50. The summed E-state index contributed by atoms with van der Waals surface area (Å²) in [6, 6.07) is 0. The van der Waals surface area contributed by atoms with Crippen molar-refractivity contribution in [2.45, 2.75) is 51.0 Å². The predicted octanol–water partition coefficient (Wildman–Crippen LogP) is 1.86. The third-order valence-electron chi connectivity index (χ3n) is 3.47. The van der Waals surface area contributed by atoms with Crippen LogP contribution in [-0.2, 0) is 9.53 Å². The third-order valence-corrected chi connectivity index (χ3v) is 3.47. The van der Waals surface area contributed by atoms with Crippen LogP contribution in [0.2, 0.25) is 0 Å². The molecule has 0 amide bonds. The molecule has 1 atom stereocenters. The molecule has 2 fully saturated rings. The van der Waals surface area contributed by atoms with Gasteiger partial charge in [-0.05, 0) is 45.1 Å². The topological polar surface area (TPSA) is 38.3 Å². The SMILES string of the molecule is O=C(OC1CCCCC1)[C@@H]1CCCNC1. The number of piperidine rings is 1. The van der Waals surface area contributed by atoms with Crippen molar-refractivity contribution in [3.63, 3.8) is 0 Å². The zero-order valence-electron chi connectivity index (χ0n) is 9.34. The van der Waals surface area contributed by atoms with Crippen LogP contribution in [0.1, 0.15) is 44.9 Å². The molecule has 3 nitrogen and oxygen atoms in total. The summed E-state index contributed by atoms with van der Waals surface area (Å²) in [7, 11) is 0. The smallest absolute Gasteiger partial charge is 0.310 e. The van der Waals surface area contributed by atoms with Crippen molar-refractivity contribution in [2.24, 2.45) is 5.92 Å². The lowest BCUT2D eigenvalue weighted by Crippen LogP contribution is -2.37. The van der Waals surface area contributed by atoms with Crippen LogP contribution in [0.5, 0.6) is 0 Å². The summed E-state index contributed by atoms with van der Waals surface area (Å²) in [6.45, 7) is 1.86. The molecule has 3 heteroatoms. The number of hydrogen-bond donors (Lipinski definition) is 1. The number of nitrogens with one attached hydrogen (secondary N) is 1. The lowest BCUT2D eigenvalue weighted by molar-refractivity contribution is -0.156. The molecule has 0 aromatic rings. The van der Waals surface area contributed by atoms with Gasteiger partial charge in [-0.2, -0.15) is 0 Å².